The number of piperidine rings is 1. The first-order valence-electron chi connectivity index (χ1n) is 8.00. The van der Waals surface area contributed by atoms with Gasteiger partial charge in [0.15, 0.2) is 17.6 Å². The summed E-state index contributed by atoms with van der Waals surface area (Å²) in [6.45, 7) is 8.38. The zero-order valence-electron chi connectivity index (χ0n) is 12.9. The molecule has 0 aromatic heterocycles. The van der Waals surface area contributed by atoms with Crippen LogP contribution >= 0.6 is 0 Å². The zero-order chi connectivity index (χ0) is 15.2. The van der Waals surface area contributed by atoms with Gasteiger partial charge < -0.3 is 14.4 Å². The normalized spacial score (nSPS) is 21.4. The minimum Gasteiger partial charge on any atom is -0.485 e. The van der Waals surface area contributed by atoms with Crippen LogP contribution in [-0.2, 0) is 4.84 Å². The van der Waals surface area contributed by atoms with Gasteiger partial charge >= 0.3 is 0 Å². The first-order valence-corrected chi connectivity index (χ1v) is 8.00. The number of nitrogens with one attached hydrogen (secondary N) is 1. The van der Waals surface area contributed by atoms with Crippen LogP contribution in [0.25, 0.3) is 0 Å². The van der Waals surface area contributed by atoms with Crippen molar-refractivity contribution in [1.82, 2.24) is 10.4 Å². The van der Waals surface area contributed by atoms with Crippen molar-refractivity contribution in [3.8, 4) is 11.5 Å². The molecule has 1 fully saturated rings. The maximum Gasteiger partial charge on any atom is 0.174 e. The van der Waals surface area contributed by atoms with Crippen molar-refractivity contribution in [3.63, 3.8) is 0 Å². The standard InChI is InChI=1S/C17H24N2O3/c1-14(18-21-12-11-19-9-5-2-6-10-19)17-13-20-15-7-3-4-8-16(15)22-17/h3-4,7-8,17-18H,1-2,5-6,9-13H2/t17-/m1/s1. The van der Waals surface area contributed by atoms with Crippen LogP contribution in [0.3, 0.4) is 0 Å². The van der Waals surface area contributed by atoms with Crippen LogP contribution in [0.2, 0.25) is 0 Å². The molecule has 0 bridgehead atoms. The predicted molar refractivity (Wildman–Crippen MR) is 84.9 cm³/mol. The van der Waals surface area contributed by atoms with Crippen molar-refractivity contribution in [2.24, 2.45) is 0 Å². The van der Waals surface area contributed by atoms with Crippen molar-refractivity contribution < 1.29 is 14.3 Å². The van der Waals surface area contributed by atoms with Crippen molar-refractivity contribution in [3.05, 3.63) is 36.5 Å². The Labute approximate surface area is 131 Å². The lowest BCUT2D eigenvalue weighted by Gasteiger charge is -2.28. The largest absolute Gasteiger partial charge is 0.485 e. The third kappa shape index (κ3) is 3.93. The number of hydrogen-bond acceptors (Lipinski definition) is 5. The number of benzene rings is 1. The summed E-state index contributed by atoms with van der Waals surface area (Å²) in [7, 11) is 0. The van der Waals surface area contributed by atoms with Crippen molar-refractivity contribution in [1.29, 1.82) is 0 Å². The van der Waals surface area contributed by atoms with Gasteiger partial charge in [-0.15, -0.1) is 0 Å². The second-order valence-corrected chi connectivity index (χ2v) is 5.74. The second kappa shape index (κ2) is 7.51. The number of hydroxylamine groups is 1. The van der Waals surface area contributed by atoms with E-state index in [2.05, 4.69) is 17.0 Å². The highest BCUT2D eigenvalue weighted by Crippen LogP contribution is 2.31. The minimum absolute atomic E-state index is 0.232. The van der Waals surface area contributed by atoms with Crippen molar-refractivity contribution in [2.75, 3.05) is 32.8 Å². The number of hydrogen-bond donors (Lipinski definition) is 1. The van der Waals surface area contributed by atoms with E-state index in [9.17, 15) is 0 Å². The third-order valence-corrected chi connectivity index (χ3v) is 4.06. The Balaban J connectivity index is 1.37. The van der Waals surface area contributed by atoms with Crippen LogP contribution in [-0.4, -0.2) is 43.9 Å². The molecule has 1 aromatic carbocycles. The lowest BCUT2D eigenvalue weighted by molar-refractivity contribution is 0.0188. The summed E-state index contributed by atoms with van der Waals surface area (Å²) < 4.78 is 11.5. The maximum absolute atomic E-state index is 5.86. The fourth-order valence-corrected chi connectivity index (χ4v) is 2.76. The summed E-state index contributed by atoms with van der Waals surface area (Å²) in [5, 5.41) is 0. The van der Waals surface area contributed by atoms with Gasteiger partial charge in [-0.1, -0.05) is 25.1 Å². The van der Waals surface area contributed by atoms with E-state index >= 15 is 0 Å². The van der Waals surface area contributed by atoms with Crippen LogP contribution in [0.5, 0.6) is 11.5 Å². The molecule has 2 aliphatic rings. The number of fused-ring (bicyclic) bond motifs is 1. The van der Waals surface area contributed by atoms with Gasteiger partial charge in [-0.2, -0.15) is 0 Å². The van der Waals surface area contributed by atoms with Gasteiger partial charge in [-0.3, -0.25) is 10.3 Å². The quantitative estimate of drug-likeness (QED) is 0.645. The minimum atomic E-state index is -0.232. The molecule has 1 N–H and O–H groups in total. The molecule has 3 rings (SSSR count). The first kappa shape index (κ1) is 15.2. The average Bonchev–Trinajstić information content (AvgIpc) is 2.59. The molecule has 0 spiro atoms. The summed E-state index contributed by atoms with van der Waals surface area (Å²) in [4.78, 5) is 7.95. The molecular weight excluding hydrogens is 280 g/mol. The maximum atomic E-state index is 5.86. The van der Waals surface area contributed by atoms with Crippen LogP contribution in [0, 0.1) is 0 Å². The summed E-state index contributed by atoms with van der Waals surface area (Å²) in [5.74, 6) is 1.52. The van der Waals surface area contributed by atoms with Gasteiger partial charge in [0.2, 0.25) is 0 Å². The molecule has 1 aromatic rings. The topological polar surface area (TPSA) is 43.0 Å². The predicted octanol–water partition coefficient (Wildman–Crippen LogP) is 2.35. The molecule has 0 saturated carbocycles. The molecule has 1 atom stereocenters. The lowest BCUT2D eigenvalue weighted by Crippen LogP contribution is -2.38. The Morgan fingerprint density at radius 3 is 2.82 bits per heavy atom. The van der Waals surface area contributed by atoms with Crippen LogP contribution in [0.4, 0.5) is 0 Å². The number of rotatable bonds is 6. The number of likely N-dealkylation sites (tertiary alicyclic amines) is 1. The van der Waals surface area contributed by atoms with Gasteiger partial charge in [-0.05, 0) is 38.1 Å². The fraction of sp³-hybridized carbons (Fsp3) is 0.529. The molecule has 0 radical (unpaired) electrons. The van der Waals surface area contributed by atoms with Crippen molar-refractivity contribution >= 4 is 0 Å². The van der Waals surface area contributed by atoms with Gasteiger partial charge in [0.1, 0.15) is 6.61 Å². The van der Waals surface area contributed by atoms with Crippen molar-refractivity contribution in [2.45, 2.75) is 25.4 Å². The molecule has 22 heavy (non-hydrogen) atoms. The molecule has 5 heteroatoms. The summed E-state index contributed by atoms with van der Waals surface area (Å²) >= 11 is 0. The first-order chi connectivity index (χ1) is 10.8. The van der Waals surface area contributed by atoms with Gasteiger partial charge in [0, 0.05) is 6.54 Å². The third-order valence-electron chi connectivity index (χ3n) is 4.06. The summed E-state index contributed by atoms with van der Waals surface area (Å²) in [6.07, 6.45) is 3.72. The molecule has 1 saturated heterocycles. The molecule has 0 aliphatic carbocycles. The zero-order valence-corrected chi connectivity index (χ0v) is 12.9. The van der Waals surface area contributed by atoms with Gasteiger partial charge in [0.05, 0.1) is 12.3 Å². The molecule has 2 aliphatic heterocycles. The van der Waals surface area contributed by atoms with E-state index < -0.39 is 0 Å². The lowest BCUT2D eigenvalue weighted by atomic mass is 10.1. The molecular formula is C17H24N2O3. The van der Waals surface area contributed by atoms with Crippen LogP contribution < -0.4 is 15.0 Å². The monoisotopic (exact) mass is 304 g/mol. The van der Waals surface area contributed by atoms with E-state index in [0.29, 0.717) is 18.9 Å². The highest BCUT2D eigenvalue weighted by atomic mass is 16.6. The summed E-state index contributed by atoms with van der Waals surface area (Å²) in [5.41, 5.74) is 3.58. The van der Waals surface area contributed by atoms with E-state index in [-0.39, 0.29) is 6.10 Å². The molecule has 0 amide bonds. The smallest absolute Gasteiger partial charge is 0.174 e. The SMILES string of the molecule is C=C(NOCCN1CCCCC1)[C@H]1COc2ccccc2O1. The number of para-hydroxylation sites is 2. The molecule has 2 heterocycles. The number of ether oxygens (including phenoxy) is 2. The van der Waals surface area contributed by atoms with E-state index in [1.165, 1.54) is 32.4 Å². The Kier molecular flexibility index (Phi) is 5.19. The van der Waals surface area contributed by atoms with E-state index in [4.69, 9.17) is 14.3 Å². The van der Waals surface area contributed by atoms with Crippen LogP contribution in [0.15, 0.2) is 36.5 Å². The molecule has 0 unspecified atom stereocenters. The van der Waals surface area contributed by atoms with E-state index in [1.54, 1.807) is 0 Å². The van der Waals surface area contributed by atoms with E-state index in [0.717, 1.165) is 18.0 Å². The highest BCUT2D eigenvalue weighted by Gasteiger charge is 2.23. The Hall–Kier alpha value is -1.72. The summed E-state index contributed by atoms with van der Waals surface area (Å²) in [6, 6.07) is 7.65. The average molecular weight is 304 g/mol. The molecule has 120 valence electrons. The van der Waals surface area contributed by atoms with E-state index in [1.807, 2.05) is 24.3 Å². The Morgan fingerprint density at radius 2 is 2.00 bits per heavy atom. The Bertz CT molecular complexity index is 500. The van der Waals surface area contributed by atoms with Gasteiger partial charge in [-0.25, -0.2) is 0 Å². The van der Waals surface area contributed by atoms with Gasteiger partial charge in [0.25, 0.3) is 0 Å². The fourth-order valence-electron chi connectivity index (χ4n) is 2.76. The highest BCUT2D eigenvalue weighted by molar-refractivity contribution is 5.41. The van der Waals surface area contributed by atoms with Crippen LogP contribution in [0.1, 0.15) is 19.3 Å². The Morgan fingerprint density at radius 1 is 1.23 bits per heavy atom. The number of nitrogens with zero attached hydrogens (tertiary/aromatic N) is 1. The second-order valence-electron chi connectivity index (χ2n) is 5.74. The molecule has 5 nitrogen and oxygen atoms in total.